The topological polar surface area (TPSA) is 49.3 Å². The predicted octanol–water partition coefficient (Wildman–Crippen LogP) is 2.59. The maximum atomic E-state index is 12.2. The van der Waals surface area contributed by atoms with Gasteiger partial charge in [0.05, 0.1) is 12.1 Å². The van der Waals surface area contributed by atoms with Gasteiger partial charge in [0.15, 0.2) is 0 Å². The Kier molecular flexibility index (Phi) is 3.91. The Hall–Kier alpha value is -0.450. The number of carbonyl (C=O) groups excluding carboxylic acids is 1. The van der Waals surface area contributed by atoms with E-state index >= 15 is 0 Å². The lowest BCUT2D eigenvalue weighted by molar-refractivity contribution is -0.137. The summed E-state index contributed by atoms with van der Waals surface area (Å²) in [5.74, 6) is 0.616. The van der Waals surface area contributed by atoms with Gasteiger partial charge in [-0.2, -0.15) is 0 Å². The molecule has 0 bridgehead atoms. The first-order valence-electron chi connectivity index (χ1n) is 7.21. The van der Waals surface area contributed by atoms with Gasteiger partial charge in [0.2, 0.25) is 5.91 Å². The van der Waals surface area contributed by atoms with Crippen molar-refractivity contribution in [2.45, 2.75) is 49.5 Å². The molecule has 5 heteroatoms. The van der Waals surface area contributed by atoms with Crippen molar-refractivity contribution in [3.63, 3.8) is 0 Å². The zero-order chi connectivity index (χ0) is 14.3. The van der Waals surface area contributed by atoms with Gasteiger partial charge in [-0.15, -0.1) is 23.4 Å². The van der Waals surface area contributed by atoms with Crippen molar-refractivity contribution in [2.24, 2.45) is 5.92 Å². The molecule has 20 heavy (non-hydrogen) atoms. The van der Waals surface area contributed by atoms with Crippen LogP contribution in [-0.4, -0.2) is 33.8 Å². The standard InChI is InChI=1S/C15H20ClNO2S/c1-9-11(7-8-16)12-15(20-9,14(19)17-12)13(18)10-5-3-2-4-6-10/h3,5,10,12-13,18H,2,4,6-8H2,1H3,(H,17,19)/t10-,12-,13-,15-/m0/s1. The smallest absolute Gasteiger partial charge is 0.242 e. The Morgan fingerprint density at radius 1 is 1.65 bits per heavy atom. The molecule has 1 saturated heterocycles. The van der Waals surface area contributed by atoms with Gasteiger partial charge in [-0.05, 0) is 43.1 Å². The second-order valence-electron chi connectivity index (χ2n) is 5.79. The highest BCUT2D eigenvalue weighted by Gasteiger charge is 2.65. The fourth-order valence-electron chi connectivity index (χ4n) is 3.59. The first-order valence-corrected chi connectivity index (χ1v) is 8.56. The number of allylic oxidation sites excluding steroid dienone is 2. The lowest BCUT2D eigenvalue weighted by atomic mass is 9.73. The molecule has 0 saturated carbocycles. The third-order valence-corrected chi connectivity index (χ3v) is 6.44. The number of aliphatic hydroxyl groups excluding tert-OH is 1. The minimum atomic E-state index is -0.710. The lowest BCUT2D eigenvalue weighted by Gasteiger charge is -2.49. The number of hydrogen-bond acceptors (Lipinski definition) is 3. The molecule has 0 unspecified atom stereocenters. The highest BCUT2D eigenvalue weighted by Crippen LogP contribution is 2.55. The van der Waals surface area contributed by atoms with Crippen LogP contribution in [0.25, 0.3) is 0 Å². The summed E-state index contributed by atoms with van der Waals surface area (Å²) in [6.07, 6.45) is 7.50. The molecule has 2 N–H and O–H groups in total. The predicted molar refractivity (Wildman–Crippen MR) is 82.8 cm³/mol. The van der Waals surface area contributed by atoms with E-state index in [0.29, 0.717) is 5.88 Å². The maximum Gasteiger partial charge on any atom is 0.242 e. The molecule has 2 aliphatic heterocycles. The number of fused-ring (bicyclic) bond motifs is 1. The number of rotatable bonds is 4. The van der Waals surface area contributed by atoms with Gasteiger partial charge in [0.1, 0.15) is 4.75 Å². The van der Waals surface area contributed by atoms with E-state index < -0.39 is 10.9 Å². The van der Waals surface area contributed by atoms with Crippen LogP contribution in [0.1, 0.15) is 32.6 Å². The minimum Gasteiger partial charge on any atom is -0.390 e. The molecule has 0 radical (unpaired) electrons. The summed E-state index contributed by atoms with van der Waals surface area (Å²) < 4.78 is -0.710. The molecule has 1 amide bonds. The first-order chi connectivity index (χ1) is 9.61. The molecule has 3 rings (SSSR count). The van der Waals surface area contributed by atoms with Crippen LogP contribution >= 0.6 is 23.4 Å². The van der Waals surface area contributed by atoms with E-state index in [2.05, 4.69) is 17.5 Å². The number of aliphatic hydroxyl groups is 1. The van der Waals surface area contributed by atoms with E-state index in [0.717, 1.165) is 30.6 Å². The van der Waals surface area contributed by atoms with Gasteiger partial charge in [0, 0.05) is 11.8 Å². The van der Waals surface area contributed by atoms with E-state index in [1.165, 1.54) is 5.57 Å². The molecule has 2 heterocycles. The summed E-state index contributed by atoms with van der Waals surface area (Å²) in [5, 5.41) is 13.8. The lowest BCUT2D eigenvalue weighted by Crippen LogP contribution is -2.75. The number of nitrogens with one attached hydrogen (secondary N) is 1. The van der Waals surface area contributed by atoms with Gasteiger partial charge in [-0.1, -0.05) is 12.2 Å². The van der Waals surface area contributed by atoms with Crippen LogP contribution in [0.5, 0.6) is 0 Å². The van der Waals surface area contributed by atoms with Crippen molar-refractivity contribution >= 4 is 29.3 Å². The van der Waals surface area contributed by atoms with Crippen molar-refractivity contribution in [3.8, 4) is 0 Å². The maximum absolute atomic E-state index is 12.2. The number of thioether (sulfide) groups is 1. The molecule has 0 aromatic carbocycles. The normalized spacial score (nSPS) is 37.5. The van der Waals surface area contributed by atoms with Crippen LogP contribution < -0.4 is 5.32 Å². The quantitative estimate of drug-likeness (QED) is 0.476. The van der Waals surface area contributed by atoms with Gasteiger partial charge in [0.25, 0.3) is 0 Å². The Balaban J connectivity index is 1.86. The molecular weight excluding hydrogens is 294 g/mol. The molecule has 4 atom stereocenters. The van der Waals surface area contributed by atoms with Gasteiger partial charge >= 0.3 is 0 Å². The van der Waals surface area contributed by atoms with E-state index in [1.54, 1.807) is 11.8 Å². The summed E-state index contributed by atoms with van der Waals surface area (Å²) in [5.41, 5.74) is 1.20. The van der Waals surface area contributed by atoms with Gasteiger partial charge in [-0.3, -0.25) is 4.79 Å². The molecule has 1 fully saturated rings. The summed E-state index contributed by atoms with van der Waals surface area (Å²) in [4.78, 5) is 13.4. The van der Waals surface area contributed by atoms with Crippen molar-refractivity contribution < 1.29 is 9.90 Å². The van der Waals surface area contributed by atoms with Crippen LogP contribution in [0.15, 0.2) is 22.6 Å². The number of amides is 1. The molecule has 110 valence electrons. The average Bonchev–Trinajstić information content (AvgIpc) is 2.69. The number of β-lactam (4-membered cyclic amide) rings is 1. The van der Waals surface area contributed by atoms with Crippen LogP contribution in [0.2, 0.25) is 0 Å². The van der Waals surface area contributed by atoms with Crippen molar-refractivity contribution in [3.05, 3.63) is 22.6 Å². The van der Waals surface area contributed by atoms with Crippen molar-refractivity contribution in [1.82, 2.24) is 5.32 Å². The molecule has 3 aliphatic rings. The highest BCUT2D eigenvalue weighted by molar-refractivity contribution is 8.05. The summed E-state index contributed by atoms with van der Waals surface area (Å²) in [6.45, 7) is 2.03. The Morgan fingerprint density at radius 3 is 3.05 bits per heavy atom. The monoisotopic (exact) mass is 313 g/mol. The molecule has 0 spiro atoms. The first kappa shape index (κ1) is 14.5. The van der Waals surface area contributed by atoms with E-state index in [1.807, 2.05) is 6.92 Å². The van der Waals surface area contributed by atoms with Gasteiger partial charge in [-0.25, -0.2) is 0 Å². The second kappa shape index (κ2) is 5.39. The van der Waals surface area contributed by atoms with E-state index in [4.69, 9.17) is 11.6 Å². The molecule has 3 nitrogen and oxygen atoms in total. The SMILES string of the molecule is CC1=C(CCCl)[C@@H]2NC(=O)[C@]2([C@@H](O)[C@H]2C=CCCC2)S1. The Morgan fingerprint density at radius 2 is 2.45 bits per heavy atom. The molecular formula is C15H20ClNO2S. The van der Waals surface area contributed by atoms with Crippen LogP contribution in [0, 0.1) is 5.92 Å². The van der Waals surface area contributed by atoms with Gasteiger partial charge < -0.3 is 10.4 Å². The zero-order valence-corrected chi connectivity index (χ0v) is 13.1. The fraction of sp³-hybridized carbons (Fsp3) is 0.667. The molecule has 0 aromatic heterocycles. The third-order valence-electron chi connectivity index (χ3n) is 4.68. The second-order valence-corrected chi connectivity index (χ2v) is 7.66. The summed E-state index contributed by atoms with van der Waals surface area (Å²) >= 11 is 7.41. The minimum absolute atomic E-state index is 0.0251. The zero-order valence-electron chi connectivity index (χ0n) is 11.6. The van der Waals surface area contributed by atoms with Crippen LogP contribution in [-0.2, 0) is 4.79 Å². The third kappa shape index (κ3) is 1.96. The Bertz CT molecular complexity index is 490. The number of hydrogen-bond donors (Lipinski definition) is 2. The number of alkyl halides is 1. The fourth-order valence-corrected chi connectivity index (χ4v) is 5.41. The summed E-state index contributed by atoms with van der Waals surface area (Å²) in [6, 6.07) is -0.0379. The van der Waals surface area contributed by atoms with Crippen LogP contribution in [0.4, 0.5) is 0 Å². The van der Waals surface area contributed by atoms with Crippen LogP contribution in [0.3, 0.4) is 0 Å². The summed E-state index contributed by atoms with van der Waals surface area (Å²) in [7, 11) is 0. The number of halogens is 1. The molecule has 0 aromatic rings. The van der Waals surface area contributed by atoms with E-state index in [9.17, 15) is 9.90 Å². The largest absolute Gasteiger partial charge is 0.390 e. The van der Waals surface area contributed by atoms with E-state index in [-0.39, 0.29) is 17.9 Å². The molecule has 1 aliphatic carbocycles. The Labute approximate surface area is 128 Å². The van der Waals surface area contributed by atoms with Crippen molar-refractivity contribution in [2.75, 3.05) is 5.88 Å². The number of carbonyl (C=O) groups is 1. The highest BCUT2D eigenvalue weighted by atomic mass is 35.5. The average molecular weight is 314 g/mol. The van der Waals surface area contributed by atoms with Crippen molar-refractivity contribution in [1.29, 1.82) is 0 Å².